The number of methoxy groups -OCH3 is 1. The summed E-state index contributed by atoms with van der Waals surface area (Å²) in [4.78, 5) is 43.5. The number of amides is 2. The first-order chi connectivity index (χ1) is 28.6. The fourth-order valence-electron chi connectivity index (χ4n) is 8.59. The van der Waals surface area contributed by atoms with Gasteiger partial charge in [-0.3, -0.25) is 4.79 Å². The molecular weight excluding hydrogens is 766 g/mol. The van der Waals surface area contributed by atoms with Crippen LogP contribution in [-0.4, -0.2) is 74.3 Å². The third kappa shape index (κ3) is 7.15. The van der Waals surface area contributed by atoms with E-state index in [-0.39, 0.29) is 34.9 Å². The highest BCUT2D eigenvalue weighted by Crippen LogP contribution is 2.48. The number of imidazole rings is 2. The molecule has 0 aliphatic carbocycles. The Hall–Kier alpha value is -6.29. The van der Waals surface area contributed by atoms with Gasteiger partial charge in [0.15, 0.2) is 0 Å². The molecule has 6 heterocycles. The number of nitrogens with zero attached hydrogens (tertiary/aromatic N) is 4. The minimum Gasteiger partial charge on any atom is -0.465 e. The molecule has 4 atom stereocenters. The summed E-state index contributed by atoms with van der Waals surface area (Å²) in [5.74, 6) is 0.631. The molecule has 306 valence electrons. The Morgan fingerprint density at radius 1 is 0.949 bits per heavy atom. The highest BCUT2D eigenvalue weighted by atomic mass is 19.3. The number of ether oxygens (including phenoxy) is 3. The highest BCUT2D eigenvalue weighted by Gasteiger charge is 2.38. The van der Waals surface area contributed by atoms with E-state index in [0.717, 1.165) is 53.8 Å². The molecule has 16 heteroatoms. The minimum absolute atomic E-state index is 0.0378. The van der Waals surface area contributed by atoms with Gasteiger partial charge in [0.25, 0.3) is 0 Å². The Morgan fingerprint density at radius 3 is 2.51 bits per heavy atom. The van der Waals surface area contributed by atoms with Gasteiger partial charge >= 0.3 is 12.7 Å². The van der Waals surface area contributed by atoms with Crippen LogP contribution in [-0.2, 0) is 9.53 Å². The maximum absolute atomic E-state index is 16.7. The highest BCUT2D eigenvalue weighted by molar-refractivity contribution is 5.93. The van der Waals surface area contributed by atoms with E-state index < -0.39 is 36.8 Å². The summed E-state index contributed by atoms with van der Waals surface area (Å²) in [5, 5.41) is 6.94. The Bertz CT molecular complexity index is 2540. The monoisotopic (exact) mass is 808 g/mol. The molecule has 0 radical (unpaired) electrons. The van der Waals surface area contributed by atoms with E-state index in [0.29, 0.717) is 41.3 Å². The van der Waals surface area contributed by atoms with Crippen LogP contribution in [0.1, 0.15) is 75.1 Å². The number of carbonyl (C=O) groups is 2. The number of benzene rings is 3. The number of H-pyrrole nitrogens is 2. The molecule has 3 aliphatic rings. The van der Waals surface area contributed by atoms with E-state index in [1.807, 2.05) is 48.9 Å². The summed E-state index contributed by atoms with van der Waals surface area (Å²) < 4.78 is 61.4. The predicted molar refractivity (Wildman–Crippen MR) is 212 cm³/mol. The maximum atomic E-state index is 16.7. The zero-order valence-electron chi connectivity index (χ0n) is 32.6. The van der Waals surface area contributed by atoms with Crippen LogP contribution in [0.25, 0.3) is 44.7 Å². The molecule has 0 spiro atoms. The van der Waals surface area contributed by atoms with E-state index in [9.17, 15) is 18.4 Å². The standard InChI is InChI=1S/C43H43F3N8O5/c1-22(2)37(52-43(56)57-3)40(55)53-14-6-10-33(53)39-49-21-31(51-39)25-17-28(44)36-34-18-26-15-23(30-20-48-38(50-30)29-9-5-13-47-29)11-12-32(26)54(34)41(59-35(36)19-25)24-7-4-8-27(16-24)58-42(45)46/h4,7-8,11-12,15-22,29,33,37,41-42,47H,5-6,9-10,13-14H2,1-3H3,(H,48,50)(H,49,51)(H,52,56). The lowest BCUT2D eigenvalue weighted by atomic mass is 10.0. The normalized spacial score (nSPS) is 19.2. The van der Waals surface area contributed by atoms with Crippen molar-refractivity contribution in [3.05, 3.63) is 96.1 Å². The van der Waals surface area contributed by atoms with Crippen molar-refractivity contribution >= 4 is 22.9 Å². The largest absolute Gasteiger partial charge is 0.465 e. The quantitative estimate of drug-likeness (QED) is 0.108. The van der Waals surface area contributed by atoms with Crippen molar-refractivity contribution in [2.75, 3.05) is 20.2 Å². The summed E-state index contributed by atoms with van der Waals surface area (Å²) in [6, 6.07) is 16.3. The van der Waals surface area contributed by atoms with Gasteiger partial charge < -0.3 is 44.3 Å². The predicted octanol–water partition coefficient (Wildman–Crippen LogP) is 8.24. The van der Waals surface area contributed by atoms with Crippen LogP contribution in [0.5, 0.6) is 11.5 Å². The Labute approximate surface area is 337 Å². The van der Waals surface area contributed by atoms with Crippen molar-refractivity contribution in [2.45, 2.75) is 70.5 Å². The Morgan fingerprint density at radius 2 is 1.75 bits per heavy atom. The van der Waals surface area contributed by atoms with Crippen molar-refractivity contribution in [2.24, 2.45) is 5.92 Å². The fourth-order valence-corrected chi connectivity index (χ4v) is 8.59. The molecule has 3 aromatic carbocycles. The van der Waals surface area contributed by atoms with Gasteiger partial charge in [-0.05, 0) is 80.6 Å². The first kappa shape index (κ1) is 38.2. The molecule has 2 saturated heterocycles. The molecule has 59 heavy (non-hydrogen) atoms. The van der Waals surface area contributed by atoms with E-state index in [2.05, 4.69) is 30.6 Å². The molecule has 0 saturated carbocycles. The molecule has 4 unspecified atom stereocenters. The molecule has 2 fully saturated rings. The molecule has 2 amide bonds. The van der Waals surface area contributed by atoms with Crippen molar-refractivity contribution in [1.82, 2.24) is 40.0 Å². The van der Waals surface area contributed by atoms with Crippen LogP contribution in [0.15, 0.2) is 73.1 Å². The SMILES string of the molecule is COC(=O)NC(C(=O)N1CCCC1c1ncc(-c2cc(F)c3c(c2)OC(c2cccc(OC(F)F)c2)n2c-3cc3cc(-c4cnc(C5CCCN5)[nH]4)ccc32)[nH]1)C(C)C. The number of rotatable bonds is 10. The van der Waals surface area contributed by atoms with Gasteiger partial charge in [0.2, 0.25) is 12.1 Å². The summed E-state index contributed by atoms with van der Waals surface area (Å²) >= 11 is 0. The summed E-state index contributed by atoms with van der Waals surface area (Å²) in [7, 11) is 1.25. The minimum atomic E-state index is -3.02. The molecular formula is C43H43F3N8O5. The maximum Gasteiger partial charge on any atom is 0.407 e. The van der Waals surface area contributed by atoms with Crippen LogP contribution in [0, 0.1) is 11.7 Å². The fraction of sp³-hybridized carbons (Fsp3) is 0.349. The van der Waals surface area contributed by atoms with Crippen LogP contribution < -0.4 is 20.1 Å². The number of carbonyl (C=O) groups excluding carboxylic acids is 2. The van der Waals surface area contributed by atoms with E-state index in [1.165, 1.54) is 25.3 Å². The lowest BCUT2D eigenvalue weighted by Gasteiger charge is -2.31. The third-order valence-corrected chi connectivity index (χ3v) is 11.4. The number of hydrogen-bond donors (Lipinski definition) is 4. The molecule has 4 N–H and O–H groups in total. The Balaban J connectivity index is 1.08. The molecule has 0 bridgehead atoms. The first-order valence-electron chi connectivity index (χ1n) is 19.8. The summed E-state index contributed by atoms with van der Waals surface area (Å²) in [6.45, 7) is 2.10. The van der Waals surface area contributed by atoms with Gasteiger partial charge in [-0.15, -0.1) is 0 Å². The third-order valence-electron chi connectivity index (χ3n) is 11.4. The second-order valence-electron chi connectivity index (χ2n) is 15.5. The van der Waals surface area contributed by atoms with Crippen molar-refractivity contribution in [1.29, 1.82) is 0 Å². The van der Waals surface area contributed by atoms with Crippen LogP contribution >= 0.6 is 0 Å². The zero-order valence-corrected chi connectivity index (χ0v) is 32.6. The number of aromatic nitrogens is 5. The second-order valence-corrected chi connectivity index (χ2v) is 15.5. The number of halogens is 3. The average molecular weight is 809 g/mol. The summed E-state index contributed by atoms with van der Waals surface area (Å²) in [5.41, 5.74) is 4.75. The molecule has 3 aliphatic heterocycles. The van der Waals surface area contributed by atoms with Gasteiger partial charge in [-0.2, -0.15) is 8.78 Å². The van der Waals surface area contributed by atoms with Gasteiger partial charge in [0, 0.05) is 28.6 Å². The topological polar surface area (TPSA) is 151 Å². The molecule has 6 aromatic rings. The second kappa shape index (κ2) is 15.5. The summed E-state index contributed by atoms with van der Waals surface area (Å²) in [6.07, 6.45) is 5.31. The number of fused-ring (bicyclic) bond motifs is 5. The number of hydrogen-bond acceptors (Lipinski definition) is 8. The smallest absolute Gasteiger partial charge is 0.407 e. The Kier molecular flexibility index (Phi) is 10.0. The number of aromatic amines is 2. The first-order valence-corrected chi connectivity index (χ1v) is 19.8. The van der Waals surface area contributed by atoms with Crippen molar-refractivity contribution in [3.8, 4) is 45.3 Å². The van der Waals surface area contributed by atoms with E-state index in [4.69, 9.17) is 14.2 Å². The van der Waals surface area contributed by atoms with Gasteiger partial charge in [-0.1, -0.05) is 32.0 Å². The molecule has 3 aromatic heterocycles. The number of alkyl halides is 2. The van der Waals surface area contributed by atoms with Crippen LogP contribution in [0.3, 0.4) is 0 Å². The lowest BCUT2D eigenvalue weighted by molar-refractivity contribution is -0.135. The van der Waals surface area contributed by atoms with Crippen molar-refractivity contribution < 1.29 is 37.0 Å². The van der Waals surface area contributed by atoms with Gasteiger partial charge in [-0.25, -0.2) is 19.2 Å². The van der Waals surface area contributed by atoms with Crippen LogP contribution in [0.4, 0.5) is 18.0 Å². The van der Waals surface area contributed by atoms with E-state index in [1.54, 1.807) is 29.3 Å². The van der Waals surface area contributed by atoms with Gasteiger partial charge in [0.1, 0.15) is 35.0 Å². The average Bonchev–Trinajstić information content (AvgIpc) is 4.07. The van der Waals surface area contributed by atoms with Gasteiger partial charge in [0.05, 0.1) is 59.7 Å². The van der Waals surface area contributed by atoms with Crippen LogP contribution in [0.2, 0.25) is 0 Å². The number of likely N-dealkylation sites (tertiary alicyclic amines) is 1. The number of alkyl carbamates (subject to hydrolysis) is 1. The van der Waals surface area contributed by atoms with Crippen molar-refractivity contribution in [3.63, 3.8) is 0 Å². The number of nitrogens with one attached hydrogen (secondary N) is 4. The molecule has 9 rings (SSSR count). The lowest BCUT2D eigenvalue weighted by Crippen LogP contribution is -2.51. The van der Waals surface area contributed by atoms with E-state index >= 15 is 4.39 Å². The zero-order chi connectivity index (χ0) is 40.9. The molecule has 13 nitrogen and oxygen atoms in total.